The van der Waals surface area contributed by atoms with Gasteiger partial charge in [-0.2, -0.15) is 14.6 Å². The van der Waals surface area contributed by atoms with Crippen LogP contribution in [0.15, 0.2) is 11.1 Å². The van der Waals surface area contributed by atoms with E-state index in [1.807, 2.05) is 13.8 Å². The molecule has 2 heterocycles. The van der Waals surface area contributed by atoms with Crippen LogP contribution in [0.1, 0.15) is 31.7 Å². The van der Waals surface area contributed by atoms with Crippen molar-refractivity contribution in [1.29, 1.82) is 0 Å². The third-order valence-electron chi connectivity index (χ3n) is 2.56. The zero-order valence-electron chi connectivity index (χ0n) is 8.56. The highest BCUT2D eigenvalue weighted by Crippen LogP contribution is 2.23. The molecule has 6 heteroatoms. The minimum absolute atomic E-state index is 0.0117. The number of hydrogen-bond donors (Lipinski definition) is 2. The van der Waals surface area contributed by atoms with Gasteiger partial charge in [-0.25, -0.2) is 0 Å². The normalized spacial score (nSPS) is 13.2. The summed E-state index contributed by atoms with van der Waals surface area (Å²) >= 11 is 0. The van der Waals surface area contributed by atoms with E-state index in [4.69, 9.17) is 0 Å². The number of hydrogen-bond acceptors (Lipinski definition) is 4. The van der Waals surface area contributed by atoms with Crippen LogP contribution in [0, 0.1) is 0 Å². The molecule has 15 heavy (non-hydrogen) atoms. The van der Waals surface area contributed by atoms with E-state index in [0.717, 1.165) is 6.42 Å². The summed E-state index contributed by atoms with van der Waals surface area (Å²) in [6.07, 6.45) is 2.06. The molecule has 0 fully saturated rings. The molecule has 80 valence electrons. The summed E-state index contributed by atoms with van der Waals surface area (Å²) in [5.41, 5.74) is 0.0536. The Labute approximate surface area is 85.6 Å². The Kier molecular flexibility index (Phi) is 2.18. The van der Waals surface area contributed by atoms with Crippen molar-refractivity contribution in [3.63, 3.8) is 0 Å². The van der Waals surface area contributed by atoms with Crippen LogP contribution in [0.4, 0.5) is 0 Å². The molecule has 1 unspecified atom stereocenters. The third-order valence-corrected chi connectivity index (χ3v) is 2.56. The fraction of sp³-hybridized carbons (Fsp3) is 0.444. The first kappa shape index (κ1) is 9.70. The number of aromatic amines is 1. The standard InChI is InChI=1S/C9H12N4O2/c1-3-5(2)6-7(14)12-9-10-4-11-13(9)8(6)15/h4-5,15H,3H2,1-2H3,(H,10,11,12,14). The summed E-state index contributed by atoms with van der Waals surface area (Å²) in [5.74, 6) is 0.118. The van der Waals surface area contributed by atoms with Crippen molar-refractivity contribution in [2.24, 2.45) is 0 Å². The van der Waals surface area contributed by atoms with Gasteiger partial charge in [0.05, 0.1) is 5.56 Å². The molecular weight excluding hydrogens is 196 g/mol. The first-order valence-corrected chi connectivity index (χ1v) is 4.80. The number of aromatic hydroxyl groups is 1. The van der Waals surface area contributed by atoms with Crippen molar-refractivity contribution < 1.29 is 5.11 Å². The number of fused-ring (bicyclic) bond motifs is 1. The molecule has 0 aliphatic carbocycles. The Balaban J connectivity index is 2.78. The minimum atomic E-state index is -0.303. The average molecular weight is 208 g/mol. The van der Waals surface area contributed by atoms with Crippen LogP contribution < -0.4 is 5.56 Å². The summed E-state index contributed by atoms with van der Waals surface area (Å²) in [7, 11) is 0. The molecule has 6 nitrogen and oxygen atoms in total. The molecule has 2 rings (SSSR count). The summed E-state index contributed by atoms with van der Waals surface area (Å²) < 4.78 is 1.23. The summed E-state index contributed by atoms with van der Waals surface area (Å²) in [6.45, 7) is 3.84. The van der Waals surface area contributed by atoms with Crippen molar-refractivity contribution in [3.8, 4) is 5.88 Å². The Morgan fingerprint density at radius 3 is 3.07 bits per heavy atom. The molecule has 0 aliphatic rings. The van der Waals surface area contributed by atoms with E-state index in [2.05, 4.69) is 15.1 Å². The predicted octanol–water partition coefficient (Wildman–Crippen LogP) is 0.637. The van der Waals surface area contributed by atoms with E-state index < -0.39 is 0 Å². The van der Waals surface area contributed by atoms with E-state index in [0.29, 0.717) is 5.56 Å². The Bertz CT molecular complexity index is 543. The molecule has 2 N–H and O–H groups in total. The third kappa shape index (κ3) is 1.38. The molecule has 0 spiro atoms. The largest absolute Gasteiger partial charge is 0.493 e. The lowest BCUT2D eigenvalue weighted by Crippen LogP contribution is -2.17. The van der Waals surface area contributed by atoms with Gasteiger partial charge in [0.1, 0.15) is 6.33 Å². The van der Waals surface area contributed by atoms with Crippen LogP contribution in [0.5, 0.6) is 5.88 Å². The number of nitrogens with one attached hydrogen (secondary N) is 1. The van der Waals surface area contributed by atoms with E-state index in [9.17, 15) is 9.90 Å². The Hall–Kier alpha value is -1.85. The molecule has 0 radical (unpaired) electrons. The molecule has 0 saturated heterocycles. The van der Waals surface area contributed by atoms with E-state index in [-0.39, 0.29) is 23.1 Å². The molecule has 1 atom stereocenters. The van der Waals surface area contributed by atoms with Crippen molar-refractivity contribution >= 4 is 5.78 Å². The molecule has 0 bridgehead atoms. The first-order chi connectivity index (χ1) is 7.15. The van der Waals surface area contributed by atoms with Crippen molar-refractivity contribution in [1.82, 2.24) is 19.6 Å². The first-order valence-electron chi connectivity index (χ1n) is 4.80. The SMILES string of the molecule is CCC(C)c1c(O)n2ncnc2[nH]c1=O. The van der Waals surface area contributed by atoms with Gasteiger partial charge in [0.15, 0.2) is 0 Å². The number of aromatic nitrogens is 4. The highest BCUT2D eigenvalue weighted by Gasteiger charge is 2.17. The van der Waals surface area contributed by atoms with Crippen molar-refractivity contribution in [2.45, 2.75) is 26.2 Å². The quantitative estimate of drug-likeness (QED) is 0.758. The average Bonchev–Trinajstić information content (AvgIpc) is 2.65. The van der Waals surface area contributed by atoms with Crippen LogP contribution >= 0.6 is 0 Å². The lowest BCUT2D eigenvalue weighted by Gasteiger charge is -2.09. The Morgan fingerprint density at radius 1 is 1.67 bits per heavy atom. The van der Waals surface area contributed by atoms with Crippen LogP contribution in [0.25, 0.3) is 5.78 Å². The van der Waals surface area contributed by atoms with Gasteiger partial charge in [0.25, 0.3) is 5.56 Å². The van der Waals surface area contributed by atoms with Gasteiger partial charge in [-0.05, 0) is 12.3 Å². The minimum Gasteiger partial charge on any atom is -0.493 e. The summed E-state index contributed by atoms with van der Waals surface area (Å²) in [4.78, 5) is 18.0. The van der Waals surface area contributed by atoms with E-state index in [1.165, 1.54) is 10.8 Å². The second kappa shape index (κ2) is 3.38. The summed E-state index contributed by atoms with van der Waals surface area (Å²) in [6, 6.07) is 0. The van der Waals surface area contributed by atoms with Crippen LogP contribution in [0.3, 0.4) is 0 Å². The second-order valence-electron chi connectivity index (χ2n) is 3.50. The highest BCUT2D eigenvalue weighted by molar-refractivity contribution is 5.36. The van der Waals surface area contributed by atoms with Gasteiger partial charge in [-0.15, -0.1) is 0 Å². The van der Waals surface area contributed by atoms with Gasteiger partial charge in [0.2, 0.25) is 11.7 Å². The van der Waals surface area contributed by atoms with Crippen LogP contribution in [-0.2, 0) is 0 Å². The monoisotopic (exact) mass is 208 g/mol. The molecule has 0 saturated carbocycles. The fourth-order valence-corrected chi connectivity index (χ4v) is 1.51. The number of rotatable bonds is 2. The fourth-order valence-electron chi connectivity index (χ4n) is 1.51. The lowest BCUT2D eigenvalue weighted by molar-refractivity contribution is 0.420. The number of nitrogens with zero attached hydrogens (tertiary/aromatic N) is 3. The van der Waals surface area contributed by atoms with Gasteiger partial charge in [0, 0.05) is 0 Å². The van der Waals surface area contributed by atoms with Crippen LogP contribution in [-0.4, -0.2) is 24.7 Å². The van der Waals surface area contributed by atoms with Crippen LogP contribution in [0.2, 0.25) is 0 Å². The number of H-pyrrole nitrogens is 1. The molecule has 0 amide bonds. The van der Waals surface area contributed by atoms with Gasteiger partial charge in [-0.3, -0.25) is 9.78 Å². The summed E-state index contributed by atoms with van der Waals surface area (Å²) in [5, 5.41) is 13.7. The van der Waals surface area contributed by atoms with E-state index >= 15 is 0 Å². The van der Waals surface area contributed by atoms with Crippen molar-refractivity contribution in [3.05, 3.63) is 22.2 Å². The maximum Gasteiger partial charge on any atom is 0.259 e. The van der Waals surface area contributed by atoms with E-state index in [1.54, 1.807) is 0 Å². The topological polar surface area (TPSA) is 83.3 Å². The molecule has 2 aromatic heterocycles. The van der Waals surface area contributed by atoms with Gasteiger partial charge in [-0.1, -0.05) is 13.8 Å². The molecule has 0 aliphatic heterocycles. The zero-order chi connectivity index (χ0) is 11.0. The smallest absolute Gasteiger partial charge is 0.259 e. The maximum atomic E-state index is 11.7. The predicted molar refractivity (Wildman–Crippen MR) is 54.0 cm³/mol. The van der Waals surface area contributed by atoms with Gasteiger partial charge >= 0.3 is 0 Å². The molecular formula is C9H12N4O2. The molecule has 2 aromatic rings. The van der Waals surface area contributed by atoms with Gasteiger partial charge < -0.3 is 5.11 Å². The highest BCUT2D eigenvalue weighted by atomic mass is 16.3. The lowest BCUT2D eigenvalue weighted by atomic mass is 10.0. The molecule has 0 aromatic carbocycles. The second-order valence-corrected chi connectivity index (χ2v) is 3.50. The maximum absolute atomic E-state index is 11.7. The van der Waals surface area contributed by atoms with Crippen molar-refractivity contribution in [2.75, 3.05) is 0 Å². The zero-order valence-corrected chi connectivity index (χ0v) is 8.56. The Morgan fingerprint density at radius 2 is 2.40 bits per heavy atom.